The van der Waals surface area contributed by atoms with Gasteiger partial charge in [0.05, 0.1) is 19.3 Å². The van der Waals surface area contributed by atoms with Gasteiger partial charge in [0.25, 0.3) is 0 Å². The van der Waals surface area contributed by atoms with Crippen molar-refractivity contribution >= 4 is 21.9 Å². The minimum absolute atomic E-state index is 0.318. The van der Waals surface area contributed by atoms with Gasteiger partial charge in [-0.2, -0.15) is 0 Å². The molecule has 0 amide bonds. The van der Waals surface area contributed by atoms with Crippen LogP contribution in [0.4, 0.5) is 0 Å². The summed E-state index contributed by atoms with van der Waals surface area (Å²) in [5, 5.41) is 0. The molecule has 4 heteroatoms. The third-order valence-corrected chi connectivity index (χ3v) is 3.32. The number of esters is 1. The Kier molecular flexibility index (Phi) is 5.18. The smallest absolute Gasteiger partial charge is 0.337 e. The van der Waals surface area contributed by atoms with Crippen LogP contribution < -0.4 is 4.74 Å². The van der Waals surface area contributed by atoms with Crippen LogP contribution in [-0.4, -0.2) is 19.7 Å². The van der Waals surface area contributed by atoms with Crippen molar-refractivity contribution in [2.24, 2.45) is 0 Å². The molecule has 0 bridgehead atoms. The molecule has 0 unspecified atom stereocenters. The number of carbonyl (C=O) groups is 1. The fourth-order valence-corrected chi connectivity index (χ4v) is 2.15. The Labute approximate surface area is 126 Å². The minimum atomic E-state index is -0.318. The summed E-state index contributed by atoms with van der Waals surface area (Å²) in [7, 11) is 1.38. The first kappa shape index (κ1) is 14.6. The van der Waals surface area contributed by atoms with E-state index in [0.717, 1.165) is 22.2 Å². The van der Waals surface area contributed by atoms with Crippen LogP contribution in [-0.2, 0) is 11.2 Å². The first-order valence-corrected chi connectivity index (χ1v) is 7.04. The SMILES string of the molecule is COC(=O)c1ccc(CCOc2cccc(Br)c2)cc1. The van der Waals surface area contributed by atoms with Gasteiger partial charge in [0.15, 0.2) is 0 Å². The lowest BCUT2D eigenvalue weighted by molar-refractivity contribution is 0.0600. The molecule has 0 aliphatic carbocycles. The number of hydrogen-bond acceptors (Lipinski definition) is 3. The van der Waals surface area contributed by atoms with Crippen LogP contribution in [0.3, 0.4) is 0 Å². The number of hydrogen-bond donors (Lipinski definition) is 0. The van der Waals surface area contributed by atoms with Crippen LogP contribution in [0.2, 0.25) is 0 Å². The number of methoxy groups -OCH3 is 1. The van der Waals surface area contributed by atoms with Crippen LogP contribution in [0.5, 0.6) is 5.75 Å². The van der Waals surface area contributed by atoms with E-state index in [1.165, 1.54) is 7.11 Å². The Morgan fingerprint density at radius 2 is 1.90 bits per heavy atom. The average Bonchev–Trinajstić information content (AvgIpc) is 2.47. The van der Waals surface area contributed by atoms with Crippen molar-refractivity contribution in [2.75, 3.05) is 13.7 Å². The number of benzene rings is 2. The lowest BCUT2D eigenvalue weighted by Crippen LogP contribution is -2.03. The zero-order valence-corrected chi connectivity index (χ0v) is 12.7. The third-order valence-electron chi connectivity index (χ3n) is 2.83. The van der Waals surface area contributed by atoms with Gasteiger partial charge in [0, 0.05) is 10.9 Å². The first-order valence-electron chi connectivity index (χ1n) is 6.24. The molecule has 0 radical (unpaired) electrons. The van der Waals surface area contributed by atoms with Crippen molar-refractivity contribution in [3.63, 3.8) is 0 Å². The maximum absolute atomic E-state index is 11.3. The van der Waals surface area contributed by atoms with Gasteiger partial charge < -0.3 is 9.47 Å². The van der Waals surface area contributed by atoms with Crippen LogP contribution in [0, 0.1) is 0 Å². The number of ether oxygens (including phenoxy) is 2. The predicted molar refractivity (Wildman–Crippen MR) is 81.1 cm³/mol. The molecular weight excluding hydrogens is 320 g/mol. The summed E-state index contributed by atoms with van der Waals surface area (Å²) in [5.41, 5.74) is 1.68. The van der Waals surface area contributed by atoms with Crippen molar-refractivity contribution in [2.45, 2.75) is 6.42 Å². The quantitative estimate of drug-likeness (QED) is 0.779. The van der Waals surface area contributed by atoms with Gasteiger partial charge in [-0.05, 0) is 35.9 Å². The molecular formula is C16H15BrO3. The lowest BCUT2D eigenvalue weighted by Gasteiger charge is -2.07. The number of rotatable bonds is 5. The molecule has 3 nitrogen and oxygen atoms in total. The van der Waals surface area contributed by atoms with E-state index in [-0.39, 0.29) is 5.97 Å². The second-order valence-corrected chi connectivity index (χ2v) is 5.16. The van der Waals surface area contributed by atoms with Gasteiger partial charge in [-0.3, -0.25) is 0 Å². The largest absolute Gasteiger partial charge is 0.493 e. The summed E-state index contributed by atoms with van der Waals surface area (Å²) in [6.45, 7) is 0.591. The van der Waals surface area contributed by atoms with E-state index in [2.05, 4.69) is 20.7 Å². The molecule has 0 fully saturated rings. The molecule has 2 aromatic rings. The molecule has 2 aromatic carbocycles. The molecule has 0 saturated heterocycles. The van der Waals surface area contributed by atoms with E-state index in [1.54, 1.807) is 12.1 Å². The maximum Gasteiger partial charge on any atom is 0.337 e. The molecule has 0 atom stereocenters. The van der Waals surface area contributed by atoms with E-state index >= 15 is 0 Å². The third kappa shape index (κ3) is 4.10. The molecule has 0 aliphatic heterocycles. The summed E-state index contributed by atoms with van der Waals surface area (Å²) in [4.78, 5) is 11.3. The van der Waals surface area contributed by atoms with Crippen LogP contribution >= 0.6 is 15.9 Å². The highest BCUT2D eigenvalue weighted by Crippen LogP contribution is 2.18. The van der Waals surface area contributed by atoms with Gasteiger partial charge in [-0.25, -0.2) is 4.79 Å². The highest BCUT2D eigenvalue weighted by atomic mass is 79.9. The number of halogens is 1. The Hall–Kier alpha value is -1.81. The van der Waals surface area contributed by atoms with Crippen molar-refractivity contribution in [1.29, 1.82) is 0 Å². The van der Waals surface area contributed by atoms with Gasteiger partial charge in [-0.15, -0.1) is 0 Å². The highest BCUT2D eigenvalue weighted by Gasteiger charge is 2.04. The molecule has 104 valence electrons. The molecule has 0 saturated carbocycles. The van der Waals surface area contributed by atoms with Crippen molar-refractivity contribution in [3.05, 3.63) is 64.1 Å². The fourth-order valence-electron chi connectivity index (χ4n) is 1.77. The maximum atomic E-state index is 11.3. The summed E-state index contributed by atoms with van der Waals surface area (Å²) < 4.78 is 11.3. The van der Waals surface area contributed by atoms with Gasteiger partial charge in [-0.1, -0.05) is 34.1 Å². The molecule has 20 heavy (non-hydrogen) atoms. The summed E-state index contributed by atoms with van der Waals surface area (Å²) in [6.07, 6.45) is 0.786. The van der Waals surface area contributed by atoms with Crippen molar-refractivity contribution < 1.29 is 14.3 Å². The molecule has 2 rings (SSSR count). The zero-order valence-electron chi connectivity index (χ0n) is 11.1. The predicted octanol–water partition coefficient (Wildman–Crippen LogP) is 3.86. The van der Waals surface area contributed by atoms with Crippen LogP contribution in [0.1, 0.15) is 15.9 Å². The normalized spacial score (nSPS) is 10.1. The topological polar surface area (TPSA) is 35.5 Å². The molecule has 0 aliphatic rings. The van der Waals surface area contributed by atoms with E-state index in [4.69, 9.17) is 4.74 Å². The van der Waals surface area contributed by atoms with Crippen LogP contribution in [0.15, 0.2) is 53.0 Å². The Balaban J connectivity index is 1.86. The highest BCUT2D eigenvalue weighted by molar-refractivity contribution is 9.10. The van der Waals surface area contributed by atoms with Crippen LogP contribution in [0.25, 0.3) is 0 Å². The fraction of sp³-hybridized carbons (Fsp3) is 0.188. The monoisotopic (exact) mass is 334 g/mol. The summed E-state index contributed by atoms with van der Waals surface area (Å²) in [5.74, 6) is 0.521. The van der Waals surface area contributed by atoms with Gasteiger partial charge >= 0.3 is 5.97 Å². The average molecular weight is 335 g/mol. The second kappa shape index (κ2) is 7.10. The van der Waals surface area contributed by atoms with Gasteiger partial charge in [0.1, 0.15) is 5.75 Å². The molecule has 0 heterocycles. The van der Waals surface area contributed by atoms with E-state index in [0.29, 0.717) is 12.2 Å². The Morgan fingerprint density at radius 1 is 1.15 bits per heavy atom. The number of carbonyl (C=O) groups excluding carboxylic acids is 1. The lowest BCUT2D eigenvalue weighted by atomic mass is 10.1. The zero-order chi connectivity index (χ0) is 14.4. The van der Waals surface area contributed by atoms with E-state index in [1.807, 2.05) is 36.4 Å². The Bertz CT molecular complexity index is 579. The standard InChI is InChI=1S/C16H15BrO3/c1-19-16(18)13-7-5-12(6-8-13)9-10-20-15-4-2-3-14(17)11-15/h2-8,11H,9-10H2,1H3. The van der Waals surface area contributed by atoms with Gasteiger partial charge in [0.2, 0.25) is 0 Å². The van der Waals surface area contributed by atoms with Crippen molar-refractivity contribution in [1.82, 2.24) is 0 Å². The second-order valence-electron chi connectivity index (χ2n) is 4.24. The minimum Gasteiger partial charge on any atom is -0.493 e. The van der Waals surface area contributed by atoms with E-state index in [9.17, 15) is 4.79 Å². The van der Waals surface area contributed by atoms with E-state index < -0.39 is 0 Å². The molecule has 0 aromatic heterocycles. The Morgan fingerprint density at radius 3 is 2.55 bits per heavy atom. The summed E-state index contributed by atoms with van der Waals surface area (Å²) >= 11 is 3.40. The first-order chi connectivity index (χ1) is 9.69. The molecule has 0 N–H and O–H groups in total. The summed E-state index contributed by atoms with van der Waals surface area (Å²) in [6, 6.07) is 15.1. The van der Waals surface area contributed by atoms with Crippen molar-refractivity contribution in [3.8, 4) is 5.75 Å². The molecule has 0 spiro atoms.